The largest absolute Gasteiger partial charge is 0.475 e. The van der Waals surface area contributed by atoms with Crippen LogP contribution in [-0.2, 0) is 4.79 Å². The molecule has 0 aliphatic carbocycles. The SMILES string of the molecule is CNC(=N)NCCC[C@H](NC(=O)c1ccccc1)C(=O)N[C@@H](CC(C)C)B(O)O. The van der Waals surface area contributed by atoms with Crippen LogP contribution in [0.5, 0.6) is 0 Å². The van der Waals surface area contributed by atoms with Crippen molar-refractivity contribution in [2.45, 2.75) is 45.1 Å². The van der Waals surface area contributed by atoms with Crippen molar-refractivity contribution >= 4 is 24.9 Å². The van der Waals surface area contributed by atoms with Gasteiger partial charge in [-0.1, -0.05) is 32.0 Å². The molecule has 1 rings (SSSR count). The summed E-state index contributed by atoms with van der Waals surface area (Å²) in [7, 11) is -0.0645. The van der Waals surface area contributed by atoms with Gasteiger partial charge in [0.15, 0.2) is 5.96 Å². The van der Waals surface area contributed by atoms with Gasteiger partial charge < -0.3 is 31.3 Å². The Hall–Kier alpha value is -2.59. The lowest BCUT2D eigenvalue weighted by molar-refractivity contribution is -0.123. The predicted octanol–water partition coefficient (Wildman–Crippen LogP) is -0.148. The van der Waals surface area contributed by atoms with Crippen LogP contribution in [0, 0.1) is 11.3 Å². The molecule has 0 aromatic heterocycles. The molecular formula is C19H32BN5O4. The van der Waals surface area contributed by atoms with E-state index in [0.717, 1.165) is 0 Å². The van der Waals surface area contributed by atoms with Gasteiger partial charge in [0.1, 0.15) is 6.04 Å². The molecule has 9 nitrogen and oxygen atoms in total. The minimum Gasteiger partial charge on any atom is -0.426 e. The number of rotatable bonds is 11. The third-order valence-corrected chi connectivity index (χ3v) is 4.29. The summed E-state index contributed by atoms with van der Waals surface area (Å²) in [6.07, 6.45) is 1.24. The van der Waals surface area contributed by atoms with Crippen molar-refractivity contribution in [3.05, 3.63) is 35.9 Å². The maximum atomic E-state index is 12.8. The molecule has 0 aliphatic rings. The summed E-state index contributed by atoms with van der Waals surface area (Å²) in [5, 5.41) is 37.5. The zero-order valence-electron chi connectivity index (χ0n) is 17.2. The first-order valence-corrected chi connectivity index (χ1v) is 9.77. The minimum atomic E-state index is -1.69. The second kappa shape index (κ2) is 12.8. The van der Waals surface area contributed by atoms with Gasteiger partial charge in [-0.25, -0.2) is 0 Å². The molecule has 1 aromatic carbocycles. The van der Waals surface area contributed by atoms with E-state index in [1.165, 1.54) is 0 Å². The maximum Gasteiger partial charge on any atom is 0.475 e. The number of nitrogens with one attached hydrogen (secondary N) is 5. The number of hydrogen-bond acceptors (Lipinski definition) is 5. The summed E-state index contributed by atoms with van der Waals surface area (Å²) in [6, 6.07) is 7.72. The van der Waals surface area contributed by atoms with Gasteiger partial charge in [0, 0.05) is 19.2 Å². The Morgan fingerprint density at radius 3 is 2.34 bits per heavy atom. The van der Waals surface area contributed by atoms with Crippen LogP contribution in [0.3, 0.4) is 0 Å². The smallest absolute Gasteiger partial charge is 0.426 e. The highest BCUT2D eigenvalue weighted by Gasteiger charge is 2.29. The molecule has 160 valence electrons. The molecule has 0 radical (unpaired) electrons. The van der Waals surface area contributed by atoms with Crippen LogP contribution in [0.1, 0.15) is 43.5 Å². The zero-order chi connectivity index (χ0) is 21.8. The highest BCUT2D eigenvalue weighted by Crippen LogP contribution is 2.08. The molecule has 1 aromatic rings. The van der Waals surface area contributed by atoms with Crippen molar-refractivity contribution in [3.63, 3.8) is 0 Å². The average Bonchev–Trinajstić information content (AvgIpc) is 2.69. The standard InChI is InChI=1S/C19H32BN5O4/c1-13(2)12-16(20(28)29)25-18(27)15(10-7-11-23-19(21)22-3)24-17(26)14-8-5-4-6-9-14/h4-6,8-9,13,15-16,28-29H,7,10-12H2,1-3H3,(H,24,26)(H,25,27)(H3,21,22,23)/t15-,16-/m0/s1. The molecule has 0 heterocycles. The van der Waals surface area contributed by atoms with Crippen LogP contribution in [0.15, 0.2) is 30.3 Å². The van der Waals surface area contributed by atoms with Gasteiger partial charge in [0.05, 0.1) is 5.94 Å². The number of benzene rings is 1. The number of guanidine groups is 1. The van der Waals surface area contributed by atoms with Crippen molar-refractivity contribution in [2.24, 2.45) is 5.92 Å². The molecule has 7 N–H and O–H groups in total. The minimum absolute atomic E-state index is 0.149. The van der Waals surface area contributed by atoms with E-state index in [1.807, 2.05) is 13.8 Å². The Kier molecular flexibility index (Phi) is 10.8. The van der Waals surface area contributed by atoms with Gasteiger partial charge >= 0.3 is 7.12 Å². The topological polar surface area (TPSA) is 147 Å². The molecule has 0 spiro atoms. The van der Waals surface area contributed by atoms with Gasteiger partial charge in [-0.3, -0.25) is 15.0 Å². The van der Waals surface area contributed by atoms with E-state index >= 15 is 0 Å². The predicted molar refractivity (Wildman–Crippen MR) is 113 cm³/mol. The van der Waals surface area contributed by atoms with Crippen LogP contribution < -0.4 is 21.3 Å². The molecule has 0 unspecified atom stereocenters. The van der Waals surface area contributed by atoms with Gasteiger partial charge in [-0.05, 0) is 37.3 Å². The number of amides is 2. The second-order valence-corrected chi connectivity index (χ2v) is 7.24. The highest BCUT2D eigenvalue weighted by molar-refractivity contribution is 6.43. The van der Waals surface area contributed by atoms with Gasteiger partial charge in [0.25, 0.3) is 5.91 Å². The zero-order valence-corrected chi connectivity index (χ0v) is 17.2. The summed E-state index contributed by atoms with van der Waals surface area (Å²) in [4.78, 5) is 25.3. The third kappa shape index (κ3) is 9.44. The molecule has 10 heteroatoms. The van der Waals surface area contributed by atoms with E-state index in [-0.39, 0.29) is 17.8 Å². The maximum absolute atomic E-state index is 12.8. The van der Waals surface area contributed by atoms with Crippen LogP contribution in [0.2, 0.25) is 0 Å². The Labute approximate surface area is 172 Å². The monoisotopic (exact) mass is 405 g/mol. The normalized spacial score (nSPS) is 12.6. The summed E-state index contributed by atoms with van der Waals surface area (Å²) in [5.41, 5.74) is 0.432. The van der Waals surface area contributed by atoms with Crippen molar-refractivity contribution in [1.82, 2.24) is 21.3 Å². The Bertz CT molecular complexity index is 657. The lowest BCUT2D eigenvalue weighted by Crippen LogP contribution is -2.54. The van der Waals surface area contributed by atoms with Crippen LogP contribution >= 0.6 is 0 Å². The van der Waals surface area contributed by atoms with Gasteiger partial charge in [-0.15, -0.1) is 0 Å². The summed E-state index contributed by atoms with van der Waals surface area (Å²) in [5.74, 6) is -1.37. The van der Waals surface area contributed by atoms with E-state index in [0.29, 0.717) is 31.4 Å². The van der Waals surface area contributed by atoms with E-state index in [2.05, 4.69) is 21.3 Å². The molecule has 0 saturated heterocycles. The van der Waals surface area contributed by atoms with Crippen LogP contribution in [0.25, 0.3) is 0 Å². The lowest BCUT2D eigenvalue weighted by Gasteiger charge is -2.24. The molecule has 0 aliphatic heterocycles. The Morgan fingerprint density at radius 1 is 1.14 bits per heavy atom. The molecule has 0 bridgehead atoms. The van der Waals surface area contributed by atoms with Crippen molar-refractivity contribution < 1.29 is 19.6 Å². The lowest BCUT2D eigenvalue weighted by atomic mass is 9.75. The fraction of sp³-hybridized carbons (Fsp3) is 0.526. The Balaban J connectivity index is 2.80. The van der Waals surface area contributed by atoms with Gasteiger partial charge in [0.2, 0.25) is 5.91 Å². The van der Waals surface area contributed by atoms with E-state index < -0.39 is 25.0 Å². The average molecular weight is 405 g/mol. The molecule has 0 fully saturated rings. The summed E-state index contributed by atoms with van der Waals surface area (Å²) < 4.78 is 0. The molecule has 0 saturated carbocycles. The van der Waals surface area contributed by atoms with E-state index in [1.54, 1.807) is 37.4 Å². The van der Waals surface area contributed by atoms with E-state index in [9.17, 15) is 19.6 Å². The second-order valence-electron chi connectivity index (χ2n) is 7.24. The van der Waals surface area contributed by atoms with Crippen LogP contribution in [-0.4, -0.2) is 60.5 Å². The highest BCUT2D eigenvalue weighted by atomic mass is 16.4. The van der Waals surface area contributed by atoms with Crippen molar-refractivity contribution in [1.29, 1.82) is 5.41 Å². The fourth-order valence-electron chi connectivity index (χ4n) is 2.75. The molecule has 2 atom stereocenters. The summed E-state index contributed by atoms with van der Waals surface area (Å²) >= 11 is 0. The summed E-state index contributed by atoms with van der Waals surface area (Å²) in [6.45, 7) is 4.28. The first-order valence-electron chi connectivity index (χ1n) is 9.77. The first kappa shape index (κ1) is 24.5. The quantitative estimate of drug-likeness (QED) is 0.118. The van der Waals surface area contributed by atoms with Crippen molar-refractivity contribution in [2.75, 3.05) is 13.6 Å². The number of carbonyl (C=O) groups is 2. The Morgan fingerprint density at radius 2 is 1.79 bits per heavy atom. The molecule has 29 heavy (non-hydrogen) atoms. The first-order chi connectivity index (χ1) is 13.7. The fourth-order valence-corrected chi connectivity index (χ4v) is 2.75. The van der Waals surface area contributed by atoms with Gasteiger partial charge in [-0.2, -0.15) is 0 Å². The molecule has 2 amide bonds. The number of hydrogen-bond donors (Lipinski definition) is 7. The molecular weight excluding hydrogens is 373 g/mol. The van der Waals surface area contributed by atoms with Crippen molar-refractivity contribution in [3.8, 4) is 0 Å². The third-order valence-electron chi connectivity index (χ3n) is 4.29. The number of carbonyl (C=O) groups excluding carboxylic acids is 2. The van der Waals surface area contributed by atoms with E-state index in [4.69, 9.17) is 5.41 Å². The van der Waals surface area contributed by atoms with Crippen LogP contribution in [0.4, 0.5) is 0 Å².